The molecule has 1 aromatic rings. The van der Waals surface area contributed by atoms with Crippen LogP contribution in [0.25, 0.3) is 0 Å². The molecule has 92 valence electrons. The van der Waals surface area contributed by atoms with E-state index >= 15 is 0 Å². The predicted molar refractivity (Wildman–Crippen MR) is 61.6 cm³/mol. The molecule has 1 aromatic heterocycles. The highest BCUT2D eigenvalue weighted by atomic mass is 32.2. The van der Waals surface area contributed by atoms with Crippen molar-refractivity contribution in [2.24, 2.45) is 12.8 Å². The van der Waals surface area contributed by atoms with Gasteiger partial charge in [-0.05, 0) is 6.42 Å². The van der Waals surface area contributed by atoms with E-state index < -0.39 is 9.84 Å². The molecule has 0 amide bonds. The molecule has 1 heterocycles. The fraction of sp³-hybridized carbons (Fsp3) is 0.778. The highest BCUT2D eigenvalue weighted by Gasteiger charge is 2.16. The lowest BCUT2D eigenvalue weighted by molar-refractivity contribution is 0.570. The van der Waals surface area contributed by atoms with Crippen LogP contribution in [0.3, 0.4) is 0 Å². The summed E-state index contributed by atoms with van der Waals surface area (Å²) in [5.74, 6) is 1.44. The molecule has 0 aliphatic carbocycles. The smallest absolute Gasteiger partial charge is 0.150 e. The van der Waals surface area contributed by atoms with Crippen molar-refractivity contribution in [1.29, 1.82) is 0 Å². The number of nitrogens with two attached hydrogens (primary N) is 1. The standard InChI is InChI=1S/C9H18N4O2S/c1-4-8-11-9(13(2)12-8)7(10)5-6-16(3,14)15/h7H,4-6,10H2,1-3H3. The van der Waals surface area contributed by atoms with Crippen LogP contribution < -0.4 is 5.73 Å². The molecule has 2 N–H and O–H groups in total. The topological polar surface area (TPSA) is 90.9 Å². The summed E-state index contributed by atoms with van der Waals surface area (Å²) in [6, 6.07) is -0.382. The first-order chi connectivity index (χ1) is 7.33. The second-order valence-electron chi connectivity index (χ2n) is 3.89. The fourth-order valence-electron chi connectivity index (χ4n) is 1.39. The lowest BCUT2D eigenvalue weighted by atomic mass is 10.2. The number of aromatic nitrogens is 3. The second-order valence-corrected chi connectivity index (χ2v) is 6.15. The van der Waals surface area contributed by atoms with E-state index in [1.165, 1.54) is 6.26 Å². The van der Waals surface area contributed by atoms with Gasteiger partial charge < -0.3 is 5.73 Å². The van der Waals surface area contributed by atoms with Crippen LogP contribution in [0.15, 0.2) is 0 Å². The van der Waals surface area contributed by atoms with E-state index in [0.717, 1.165) is 12.2 Å². The maximum Gasteiger partial charge on any atom is 0.150 e. The first kappa shape index (κ1) is 13.1. The first-order valence-electron chi connectivity index (χ1n) is 5.16. The van der Waals surface area contributed by atoms with Gasteiger partial charge in [-0.25, -0.2) is 13.4 Å². The van der Waals surface area contributed by atoms with Crippen molar-refractivity contribution in [2.75, 3.05) is 12.0 Å². The van der Waals surface area contributed by atoms with E-state index in [9.17, 15) is 8.42 Å². The minimum Gasteiger partial charge on any atom is -0.321 e. The third-order valence-electron chi connectivity index (χ3n) is 2.29. The molecule has 0 aliphatic heterocycles. The van der Waals surface area contributed by atoms with Gasteiger partial charge in [-0.3, -0.25) is 4.68 Å². The van der Waals surface area contributed by atoms with Gasteiger partial charge in [-0.2, -0.15) is 5.10 Å². The van der Waals surface area contributed by atoms with Crippen LogP contribution in [0, 0.1) is 0 Å². The van der Waals surface area contributed by atoms with Crippen LogP contribution in [-0.2, 0) is 23.3 Å². The Bertz CT molecular complexity index is 452. The van der Waals surface area contributed by atoms with Crippen molar-refractivity contribution < 1.29 is 8.42 Å². The van der Waals surface area contributed by atoms with Gasteiger partial charge in [0.15, 0.2) is 5.82 Å². The summed E-state index contributed by atoms with van der Waals surface area (Å²) in [6.07, 6.45) is 2.31. The predicted octanol–water partition coefficient (Wildman–Crippen LogP) is -0.188. The number of sulfone groups is 1. The van der Waals surface area contributed by atoms with Gasteiger partial charge in [-0.1, -0.05) is 6.92 Å². The molecule has 0 radical (unpaired) electrons. The van der Waals surface area contributed by atoms with Gasteiger partial charge in [0, 0.05) is 19.7 Å². The Hall–Kier alpha value is -0.950. The summed E-state index contributed by atoms with van der Waals surface area (Å²) in [4.78, 5) is 4.26. The first-order valence-corrected chi connectivity index (χ1v) is 7.22. The van der Waals surface area contributed by atoms with Crippen molar-refractivity contribution in [1.82, 2.24) is 14.8 Å². The molecular weight excluding hydrogens is 228 g/mol. The minimum atomic E-state index is -2.98. The monoisotopic (exact) mass is 246 g/mol. The average molecular weight is 246 g/mol. The summed E-state index contributed by atoms with van der Waals surface area (Å²) < 4.78 is 23.6. The van der Waals surface area contributed by atoms with E-state index in [0.29, 0.717) is 12.2 Å². The quantitative estimate of drug-likeness (QED) is 0.777. The largest absolute Gasteiger partial charge is 0.321 e. The van der Waals surface area contributed by atoms with E-state index in [1.54, 1.807) is 11.7 Å². The normalized spacial score (nSPS) is 14.0. The molecule has 0 bridgehead atoms. The second kappa shape index (κ2) is 4.92. The summed E-state index contributed by atoms with van der Waals surface area (Å²) in [5.41, 5.74) is 5.88. The lowest BCUT2D eigenvalue weighted by Gasteiger charge is -2.09. The van der Waals surface area contributed by atoms with Crippen LogP contribution in [0.5, 0.6) is 0 Å². The van der Waals surface area contributed by atoms with E-state index in [2.05, 4.69) is 10.1 Å². The maximum absolute atomic E-state index is 11.0. The van der Waals surface area contributed by atoms with Gasteiger partial charge in [0.2, 0.25) is 0 Å². The van der Waals surface area contributed by atoms with Crippen LogP contribution in [0.2, 0.25) is 0 Å². The number of rotatable bonds is 5. The lowest BCUT2D eigenvalue weighted by Crippen LogP contribution is -2.19. The maximum atomic E-state index is 11.0. The van der Waals surface area contributed by atoms with Gasteiger partial charge in [0.1, 0.15) is 15.7 Å². The fourth-order valence-corrected chi connectivity index (χ4v) is 2.08. The van der Waals surface area contributed by atoms with Crippen molar-refractivity contribution in [3.05, 3.63) is 11.6 Å². The Balaban J connectivity index is 2.72. The van der Waals surface area contributed by atoms with Crippen LogP contribution in [0.4, 0.5) is 0 Å². The zero-order valence-corrected chi connectivity index (χ0v) is 10.7. The molecule has 7 heteroatoms. The Kier molecular flexibility index (Phi) is 4.03. The Morgan fingerprint density at radius 1 is 1.50 bits per heavy atom. The zero-order valence-electron chi connectivity index (χ0n) is 9.84. The van der Waals surface area contributed by atoms with Gasteiger partial charge >= 0.3 is 0 Å². The van der Waals surface area contributed by atoms with E-state index in [-0.39, 0.29) is 11.8 Å². The number of nitrogens with zero attached hydrogens (tertiary/aromatic N) is 3. The van der Waals surface area contributed by atoms with Crippen molar-refractivity contribution in [3.63, 3.8) is 0 Å². The Labute approximate surface area is 95.8 Å². The molecule has 0 saturated carbocycles. The molecule has 0 saturated heterocycles. The van der Waals surface area contributed by atoms with Crippen LogP contribution in [0.1, 0.15) is 31.0 Å². The van der Waals surface area contributed by atoms with Crippen molar-refractivity contribution in [2.45, 2.75) is 25.8 Å². The van der Waals surface area contributed by atoms with Gasteiger partial charge in [0.05, 0.1) is 11.8 Å². The van der Waals surface area contributed by atoms with Crippen LogP contribution in [-0.4, -0.2) is 35.2 Å². The summed E-state index contributed by atoms with van der Waals surface area (Å²) in [5, 5.41) is 4.17. The molecule has 0 aromatic carbocycles. The number of hydrogen-bond acceptors (Lipinski definition) is 5. The molecule has 1 atom stereocenters. The molecule has 16 heavy (non-hydrogen) atoms. The average Bonchev–Trinajstić information content (AvgIpc) is 2.55. The third kappa shape index (κ3) is 3.57. The van der Waals surface area contributed by atoms with Crippen LogP contribution >= 0.6 is 0 Å². The molecule has 0 spiro atoms. The molecule has 0 fully saturated rings. The SMILES string of the molecule is CCc1nc(C(N)CCS(C)(=O)=O)n(C)n1. The molecule has 0 aliphatic rings. The van der Waals surface area contributed by atoms with E-state index in [4.69, 9.17) is 5.73 Å². The van der Waals surface area contributed by atoms with Gasteiger partial charge in [-0.15, -0.1) is 0 Å². The molecule has 6 nitrogen and oxygen atoms in total. The van der Waals surface area contributed by atoms with E-state index in [1.807, 2.05) is 6.92 Å². The third-order valence-corrected chi connectivity index (χ3v) is 3.27. The minimum absolute atomic E-state index is 0.0719. The van der Waals surface area contributed by atoms with Crippen molar-refractivity contribution in [3.8, 4) is 0 Å². The highest BCUT2D eigenvalue weighted by Crippen LogP contribution is 2.12. The Morgan fingerprint density at radius 3 is 2.56 bits per heavy atom. The van der Waals surface area contributed by atoms with Crippen molar-refractivity contribution >= 4 is 9.84 Å². The highest BCUT2D eigenvalue weighted by molar-refractivity contribution is 7.90. The molecular formula is C9H18N4O2S. The summed E-state index contributed by atoms with van der Waals surface area (Å²) >= 11 is 0. The number of aryl methyl sites for hydroxylation is 2. The number of hydrogen-bond donors (Lipinski definition) is 1. The molecule has 1 unspecified atom stereocenters. The summed E-state index contributed by atoms with van der Waals surface area (Å²) in [6.45, 7) is 1.96. The Morgan fingerprint density at radius 2 is 2.12 bits per heavy atom. The summed E-state index contributed by atoms with van der Waals surface area (Å²) in [7, 11) is -1.21. The molecule has 1 rings (SSSR count). The van der Waals surface area contributed by atoms with Gasteiger partial charge in [0.25, 0.3) is 0 Å². The zero-order chi connectivity index (χ0) is 12.3.